The molecule has 1 radical (unpaired) electrons. The predicted molar refractivity (Wildman–Crippen MR) is 90.7 cm³/mol. The van der Waals surface area contributed by atoms with Crippen molar-refractivity contribution in [3.63, 3.8) is 0 Å². The van der Waals surface area contributed by atoms with Gasteiger partial charge in [-0.3, -0.25) is 4.79 Å². The van der Waals surface area contributed by atoms with Crippen LogP contribution in [-0.2, 0) is 52.2 Å². The van der Waals surface area contributed by atoms with Crippen LogP contribution in [-0.4, -0.2) is 11.1 Å². The van der Waals surface area contributed by atoms with Crippen molar-refractivity contribution in [1.82, 2.24) is 0 Å². The van der Waals surface area contributed by atoms with Crippen molar-refractivity contribution >= 4 is 5.97 Å². The fourth-order valence-corrected chi connectivity index (χ4v) is 3.29. The molecular weight excluding hydrogens is 308 g/mol. The summed E-state index contributed by atoms with van der Waals surface area (Å²) in [6.45, 7) is 1.84. The zero-order valence-corrected chi connectivity index (χ0v) is 16.1. The molecular formula is C19H31O2Ti. The molecule has 0 aliphatic heterocycles. The number of fused-ring (bicyclic) bond motifs is 3. The molecule has 0 aromatic heterocycles. The summed E-state index contributed by atoms with van der Waals surface area (Å²) in [5.41, 5.74) is 6.94. The summed E-state index contributed by atoms with van der Waals surface area (Å²) in [5, 5.41) is 7.91. The van der Waals surface area contributed by atoms with Gasteiger partial charge in [-0.05, 0) is 6.42 Å². The van der Waals surface area contributed by atoms with Crippen molar-refractivity contribution in [3.8, 4) is 0 Å². The maximum atomic E-state index is 9.60. The molecule has 123 valence electrons. The van der Waals surface area contributed by atoms with Crippen LogP contribution in [0, 0.1) is 14.9 Å². The minimum Gasteiger partial charge on any atom is -0.481 e. The number of carboxylic acids is 1. The average molecular weight is 339 g/mol. The van der Waals surface area contributed by atoms with Gasteiger partial charge < -0.3 is 20.0 Å². The van der Waals surface area contributed by atoms with E-state index in [4.69, 9.17) is 5.11 Å². The van der Waals surface area contributed by atoms with Crippen LogP contribution in [0.5, 0.6) is 0 Å². The summed E-state index contributed by atoms with van der Waals surface area (Å²) in [4.78, 5) is 9.60. The molecule has 0 unspecified atom stereocenters. The van der Waals surface area contributed by atoms with E-state index in [-0.39, 0.29) is 36.6 Å². The van der Waals surface area contributed by atoms with E-state index >= 15 is 0 Å². The Morgan fingerprint density at radius 3 is 1.68 bits per heavy atom. The van der Waals surface area contributed by atoms with Crippen molar-refractivity contribution < 1.29 is 31.6 Å². The van der Waals surface area contributed by atoms with Gasteiger partial charge in [0.15, 0.2) is 0 Å². The van der Waals surface area contributed by atoms with Crippen LogP contribution in [0.2, 0.25) is 0 Å². The maximum absolute atomic E-state index is 9.60. The first kappa shape index (κ1) is 23.8. The van der Waals surface area contributed by atoms with Gasteiger partial charge in [0.1, 0.15) is 0 Å². The molecule has 1 aromatic rings. The third kappa shape index (κ3) is 6.34. The topological polar surface area (TPSA) is 37.3 Å². The Morgan fingerprint density at radius 1 is 0.955 bits per heavy atom. The van der Waals surface area contributed by atoms with Gasteiger partial charge in [-0.2, -0.15) is 28.3 Å². The molecule has 0 fully saturated rings. The molecule has 3 rings (SSSR count). The van der Waals surface area contributed by atoms with E-state index in [1.54, 1.807) is 22.3 Å². The number of aryl methyl sites for hydroxylation is 2. The fraction of sp³-hybridized carbons (Fsp3) is 0.579. The summed E-state index contributed by atoms with van der Waals surface area (Å²) in [5.74, 6) is -0.711. The number of rotatable bonds is 2. The minimum absolute atomic E-state index is 0. The number of aliphatic carboxylic acids is 1. The van der Waals surface area contributed by atoms with E-state index < -0.39 is 5.97 Å². The minimum atomic E-state index is -0.711. The van der Waals surface area contributed by atoms with Crippen LogP contribution in [0.25, 0.3) is 0 Å². The van der Waals surface area contributed by atoms with Crippen LogP contribution >= 0.6 is 0 Å². The van der Waals surface area contributed by atoms with Crippen molar-refractivity contribution in [1.29, 1.82) is 0 Å². The Kier molecular flexibility index (Phi) is 13.0. The molecule has 0 amide bonds. The normalized spacial score (nSPS) is 14.6. The Hall–Kier alpha value is -0.466. The van der Waals surface area contributed by atoms with Gasteiger partial charge >= 0.3 is 27.7 Å². The third-order valence-electron chi connectivity index (χ3n) is 4.20. The molecule has 3 heteroatoms. The van der Waals surface area contributed by atoms with Crippen molar-refractivity contribution in [3.05, 3.63) is 43.2 Å². The molecule has 0 heterocycles. The Bertz CT molecular complexity index is 404. The quantitative estimate of drug-likeness (QED) is 0.613. The molecule has 2 nitrogen and oxygen atoms in total. The van der Waals surface area contributed by atoms with Gasteiger partial charge in [0.05, 0.1) is 0 Å². The van der Waals surface area contributed by atoms with Crippen molar-refractivity contribution in [2.24, 2.45) is 0 Å². The van der Waals surface area contributed by atoms with Gasteiger partial charge in [0.25, 0.3) is 0 Å². The predicted octanol–water partition coefficient (Wildman–Crippen LogP) is 4.93. The zero-order chi connectivity index (χ0) is 13.7. The van der Waals surface area contributed by atoms with E-state index in [9.17, 15) is 4.79 Å². The molecule has 0 bridgehead atoms. The first-order valence-corrected chi connectivity index (χ1v) is 7.73. The average Bonchev–Trinajstić information content (AvgIpc) is 2.78. The van der Waals surface area contributed by atoms with Crippen LogP contribution in [0.4, 0.5) is 0 Å². The molecule has 1 N–H and O–H groups in total. The molecule has 1 aromatic carbocycles. The molecule has 0 saturated heterocycles. The standard InChI is InChI=1S/C13H17.C4H8O2.2CH3.Ti/c1-3-7-12-10(5-1)9-11-6-2-4-8-13(11)12;1-2-3-4(5)6;;;/h9H,1-8H2;2-3H2,1H3,(H,5,6);2*1H3;/q-1;;2*-1;+3. The first-order valence-electron chi connectivity index (χ1n) is 7.73. The Labute approximate surface area is 151 Å². The van der Waals surface area contributed by atoms with Gasteiger partial charge in [0, 0.05) is 6.42 Å². The van der Waals surface area contributed by atoms with Crippen LogP contribution < -0.4 is 0 Å². The first-order chi connectivity index (χ1) is 9.22. The second-order valence-corrected chi connectivity index (χ2v) is 5.71. The second-order valence-electron chi connectivity index (χ2n) is 5.71. The van der Waals surface area contributed by atoms with E-state index in [1.807, 2.05) is 6.92 Å². The van der Waals surface area contributed by atoms with E-state index in [0.717, 1.165) is 6.42 Å². The molecule has 2 aliphatic carbocycles. The summed E-state index contributed by atoms with van der Waals surface area (Å²) >= 11 is 0. The number of hydrogen-bond donors (Lipinski definition) is 1. The largest absolute Gasteiger partial charge is 3.00 e. The van der Waals surface area contributed by atoms with Crippen LogP contribution in [0.1, 0.15) is 67.7 Å². The summed E-state index contributed by atoms with van der Waals surface area (Å²) in [6.07, 6.45) is 12.2. The number of carbonyl (C=O) groups is 1. The zero-order valence-electron chi connectivity index (χ0n) is 14.5. The van der Waals surface area contributed by atoms with Gasteiger partial charge in [-0.1, -0.05) is 58.3 Å². The summed E-state index contributed by atoms with van der Waals surface area (Å²) in [6, 6.07) is 2.52. The second kappa shape index (κ2) is 12.0. The van der Waals surface area contributed by atoms with E-state index in [0.29, 0.717) is 6.42 Å². The van der Waals surface area contributed by atoms with E-state index in [2.05, 4.69) is 6.07 Å². The van der Waals surface area contributed by atoms with Crippen molar-refractivity contribution in [2.75, 3.05) is 0 Å². The monoisotopic (exact) mass is 339 g/mol. The molecule has 0 saturated carbocycles. The number of hydrogen-bond acceptors (Lipinski definition) is 1. The maximum Gasteiger partial charge on any atom is 3.00 e. The fourth-order valence-electron chi connectivity index (χ4n) is 3.29. The molecule has 0 atom stereocenters. The molecule has 2 aliphatic rings. The Morgan fingerprint density at radius 2 is 1.36 bits per heavy atom. The van der Waals surface area contributed by atoms with Crippen LogP contribution in [0.15, 0.2) is 6.07 Å². The van der Waals surface area contributed by atoms with Crippen LogP contribution in [0.3, 0.4) is 0 Å². The van der Waals surface area contributed by atoms with Gasteiger partial charge in [0.2, 0.25) is 0 Å². The smallest absolute Gasteiger partial charge is 0.481 e. The van der Waals surface area contributed by atoms with E-state index in [1.165, 1.54) is 51.4 Å². The third-order valence-corrected chi connectivity index (χ3v) is 4.20. The summed E-state index contributed by atoms with van der Waals surface area (Å²) in [7, 11) is 0. The molecule has 0 spiro atoms. The number of carboxylic acid groups (broad SMARTS) is 1. The van der Waals surface area contributed by atoms with Crippen molar-refractivity contribution in [2.45, 2.75) is 71.1 Å². The summed E-state index contributed by atoms with van der Waals surface area (Å²) < 4.78 is 0. The van der Waals surface area contributed by atoms with Gasteiger partial charge in [-0.15, -0.1) is 0 Å². The molecule has 22 heavy (non-hydrogen) atoms. The Balaban J connectivity index is 0. The SMILES string of the molecule is CCCC(=O)O.[CH3-].[CH3-].[Ti+3].[cH-]1c2c(c3c1CCCC3)CCCC2. The van der Waals surface area contributed by atoms with Gasteiger partial charge in [-0.25, -0.2) is 0 Å².